The van der Waals surface area contributed by atoms with E-state index in [2.05, 4.69) is 26.5 Å². The van der Waals surface area contributed by atoms with Gasteiger partial charge in [-0.15, -0.1) is 10.2 Å². The van der Waals surface area contributed by atoms with Crippen molar-refractivity contribution in [2.45, 2.75) is 18.9 Å². The van der Waals surface area contributed by atoms with Gasteiger partial charge in [0.15, 0.2) is 11.0 Å². The molecule has 3 heterocycles. The fourth-order valence-corrected chi connectivity index (χ4v) is 3.44. The van der Waals surface area contributed by atoms with Crippen molar-refractivity contribution in [1.82, 2.24) is 10.2 Å². The maximum atomic E-state index is 11.6. The fraction of sp³-hybridized carbons (Fsp3) is 0.308. The summed E-state index contributed by atoms with van der Waals surface area (Å²) in [6, 6.07) is 3.80. The lowest BCUT2D eigenvalue weighted by molar-refractivity contribution is 0.1000. The van der Waals surface area contributed by atoms with Crippen molar-refractivity contribution in [3.05, 3.63) is 39.2 Å². The minimum Gasteiger partial charge on any atom is -0.365 e. The van der Waals surface area contributed by atoms with Crippen molar-refractivity contribution in [2.75, 3.05) is 11.4 Å². The molecule has 2 aromatic rings. The minimum atomic E-state index is -0.534. The van der Waals surface area contributed by atoms with Gasteiger partial charge in [-0.3, -0.25) is 4.79 Å². The van der Waals surface area contributed by atoms with Gasteiger partial charge in [0.05, 0.1) is 11.6 Å². The zero-order valence-electron chi connectivity index (χ0n) is 10.6. The molecule has 0 saturated carbocycles. The molecule has 1 fully saturated rings. The third-order valence-corrected chi connectivity index (χ3v) is 4.35. The number of aromatic nitrogens is 2. The molecule has 2 N–H and O–H groups in total. The van der Waals surface area contributed by atoms with Gasteiger partial charge in [0, 0.05) is 6.54 Å². The van der Waals surface area contributed by atoms with E-state index in [-0.39, 0.29) is 11.2 Å². The average molecular weight is 309 g/mol. The number of rotatable bonds is 3. The Balaban J connectivity index is 2.02. The van der Waals surface area contributed by atoms with Gasteiger partial charge in [0.2, 0.25) is 0 Å². The van der Waals surface area contributed by atoms with Crippen molar-refractivity contribution in [3.63, 3.8) is 0 Å². The maximum Gasteiger partial charge on any atom is 0.252 e. The van der Waals surface area contributed by atoms with Crippen LogP contribution in [0.15, 0.2) is 22.9 Å². The van der Waals surface area contributed by atoms with Gasteiger partial charge in [0.25, 0.3) is 5.91 Å². The summed E-state index contributed by atoms with van der Waals surface area (Å²) in [7, 11) is 0. The van der Waals surface area contributed by atoms with E-state index in [1.165, 1.54) is 11.6 Å². The molecule has 2 aromatic heterocycles. The van der Waals surface area contributed by atoms with Crippen LogP contribution < -0.4 is 10.6 Å². The molecule has 1 atom stereocenters. The summed E-state index contributed by atoms with van der Waals surface area (Å²) in [5.74, 6) is -0.0108. The third kappa shape index (κ3) is 2.36. The van der Waals surface area contributed by atoms with Crippen LogP contribution in [0.1, 0.15) is 34.8 Å². The molecular weight excluding hydrogens is 296 g/mol. The number of carbonyl (C=O) groups is 1. The van der Waals surface area contributed by atoms with E-state index in [9.17, 15) is 4.79 Å². The van der Waals surface area contributed by atoms with Crippen LogP contribution in [0.4, 0.5) is 5.82 Å². The number of nitrogens with two attached hydrogens (primary N) is 1. The lowest BCUT2D eigenvalue weighted by Gasteiger charge is -2.26. The summed E-state index contributed by atoms with van der Waals surface area (Å²) < 4.78 is 0. The Hall–Kier alpha value is -1.66. The number of amides is 1. The number of hydrogen-bond acceptors (Lipinski definition) is 5. The first-order chi connectivity index (χ1) is 9.66. The van der Waals surface area contributed by atoms with Crippen LogP contribution in [0.3, 0.4) is 0 Å². The molecule has 1 saturated heterocycles. The van der Waals surface area contributed by atoms with Crippen LogP contribution in [-0.4, -0.2) is 22.6 Å². The summed E-state index contributed by atoms with van der Waals surface area (Å²) in [4.78, 5) is 13.7. The highest BCUT2D eigenvalue weighted by atomic mass is 35.5. The van der Waals surface area contributed by atoms with Crippen LogP contribution in [-0.2, 0) is 0 Å². The predicted octanol–water partition coefficient (Wildman–Crippen LogP) is 2.63. The third-order valence-electron chi connectivity index (χ3n) is 3.46. The molecule has 1 unspecified atom stereocenters. The quantitative estimate of drug-likeness (QED) is 0.946. The molecule has 20 heavy (non-hydrogen) atoms. The van der Waals surface area contributed by atoms with Gasteiger partial charge in [0.1, 0.15) is 0 Å². The Kier molecular flexibility index (Phi) is 3.58. The van der Waals surface area contributed by atoms with Gasteiger partial charge in [-0.1, -0.05) is 11.6 Å². The highest BCUT2D eigenvalue weighted by molar-refractivity contribution is 7.08. The molecule has 0 bridgehead atoms. The van der Waals surface area contributed by atoms with Gasteiger partial charge in [-0.2, -0.15) is 11.3 Å². The molecule has 1 aliphatic rings. The monoisotopic (exact) mass is 308 g/mol. The number of carbonyl (C=O) groups excluding carboxylic acids is 1. The first kappa shape index (κ1) is 13.3. The number of hydrogen-bond donors (Lipinski definition) is 1. The molecule has 0 radical (unpaired) electrons. The van der Waals surface area contributed by atoms with Crippen LogP contribution in [0.5, 0.6) is 0 Å². The van der Waals surface area contributed by atoms with E-state index >= 15 is 0 Å². The van der Waals surface area contributed by atoms with Crippen molar-refractivity contribution < 1.29 is 4.79 Å². The second kappa shape index (κ2) is 5.38. The average Bonchev–Trinajstić information content (AvgIpc) is 3.09. The Labute approximate surface area is 125 Å². The second-order valence-electron chi connectivity index (χ2n) is 4.68. The highest BCUT2D eigenvalue weighted by Gasteiger charge is 2.30. The van der Waals surface area contributed by atoms with Crippen molar-refractivity contribution in [2.24, 2.45) is 5.73 Å². The van der Waals surface area contributed by atoms with Crippen LogP contribution in [0, 0.1) is 0 Å². The molecular formula is C13H13ClN4OS. The first-order valence-electron chi connectivity index (χ1n) is 6.28. The molecule has 0 aliphatic carbocycles. The normalized spacial score (nSPS) is 18.4. The Morgan fingerprint density at radius 1 is 1.50 bits per heavy atom. The zero-order valence-corrected chi connectivity index (χ0v) is 12.2. The molecule has 0 spiro atoms. The van der Waals surface area contributed by atoms with E-state index in [1.807, 2.05) is 5.38 Å². The smallest absolute Gasteiger partial charge is 0.252 e. The topological polar surface area (TPSA) is 72.1 Å². The summed E-state index contributed by atoms with van der Waals surface area (Å²) in [6.45, 7) is 0.830. The molecule has 1 aliphatic heterocycles. The van der Waals surface area contributed by atoms with Crippen molar-refractivity contribution >= 4 is 34.7 Å². The molecule has 1 amide bonds. The lowest BCUT2D eigenvalue weighted by atomic mass is 10.1. The summed E-state index contributed by atoms with van der Waals surface area (Å²) in [5, 5.41) is 12.3. The zero-order chi connectivity index (χ0) is 14.1. The van der Waals surface area contributed by atoms with Gasteiger partial charge >= 0.3 is 0 Å². The van der Waals surface area contributed by atoms with Crippen LogP contribution in [0.2, 0.25) is 5.15 Å². The van der Waals surface area contributed by atoms with Crippen LogP contribution in [0.25, 0.3) is 0 Å². The standard InChI is InChI=1S/C13H13ClN4OS/c14-11-6-9(12(15)19)13(17-16-11)18-4-1-2-10(18)8-3-5-20-7-8/h3,5-7,10H,1-2,4H2,(H2,15,19). The van der Waals surface area contributed by atoms with Gasteiger partial charge in [-0.05, 0) is 41.3 Å². The largest absolute Gasteiger partial charge is 0.365 e. The second-order valence-corrected chi connectivity index (χ2v) is 5.84. The van der Waals surface area contributed by atoms with Gasteiger partial charge in [-0.25, -0.2) is 0 Å². The van der Waals surface area contributed by atoms with E-state index < -0.39 is 5.91 Å². The Morgan fingerprint density at radius 3 is 3.05 bits per heavy atom. The Bertz CT molecular complexity index is 631. The molecule has 5 nitrogen and oxygen atoms in total. The first-order valence-corrected chi connectivity index (χ1v) is 7.60. The molecule has 0 aromatic carbocycles. The fourth-order valence-electron chi connectivity index (χ4n) is 2.59. The summed E-state index contributed by atoms with van der Waals surface area (Å²) in [5.41, 5.74) is 6.99. The number of primary amides is 1. The van der Waals surface area contributed by atoms with Gasteiger partial charge < -0.3 is 10.6 Å². The highest BCUT2D eigenvalue weighted by Crippen LogP contribution is 2.37. The maximum absolute atomic E-state index is 11.6. The number of anilines is 1. The molecule has 7 heteroatoms. The van der Waals surface area contributed by atoms with Crippen molar-refractivity contribution in [3.8, 4) is 0 Å². The lowest BCUT2D eigenvalue weighted by Crippen LogP contribution is -2.27. The minimum absolute atomic E-state index is 0.175. The van der Waals surface area contributed by atoms with E-state index in [4.69, 9.17) is 17.3 Å². The van der Waals surface area contributed by atoms with E-state index in [0.29, 0.717) is 11.4 Å². The SMILES string of the molecule is NC(=O)c1cc(Cl)nnc1N1CCCC1c1ccsc1. The van der Waals surface area contributed by atoms with E-state index in [0.717, 1.165) is 19.4 Å². The van der Waals surface area contributed by atoms with Crippen LogP contribution >= 0.6 is 22.9 Å². The van der Waals surface area contributed by atoms with E-state index in [1.54, 1.807) is 11.3 Å². The molecule has 104 valence electrons. The van der Waals surface area contributed by atoms with Crippen molar-refractivity contribution in [1.29, 1.82) is 0 Å². The number of nitrogens with zero attached hydrogens (tertiary/aromatic N) is 3. The summed E-state index contributed by atoms with van der Waals surface area (Å²) in [6.07, 6.45) is 2.07. The molecule has 3 rings (SSSR count). The Morgan fingerprint density at radius 2 is 2.35 bits per heavy atom. The number of thiophene rings is 1. The predicted molar refractivity (Wildman–Crippen MR) is 79.2 cm³/mol. The summed E-state index contributed by atoms with van der Waals surface area (Å²) >= 11 is 7.47. The number of halogens is 1.